The molecule has 0 aliphatic carbocycles. The number of aliphatic hydroxyl groups is 1. The van der Waals surface area contributed by atoms with Crippen LogP contribution in [0.1, 0.15) is 17.0 Å². The van der Waals surface area contributed by atoms with Gasteiger partial charge in [-0.25, -0.2) is 0 Å². The van der Waals surface area contributed by atoms with E-state index in [0.717, 1.165) is 16.7 Å². The molecule has 1 aliphatic heterocycles. The highest BCUT2D eigenvalue weighted by atomic mass is 16.5. The lowest BCUT2D eigenvalue weighted by molar-refractivity contribution is -0.150. The van der Waals surface area contributed by atoms with Crippen LogP contribution in [0, 0.1) is 18.3 Å². The summed E-state index contributed by atoms with van der Waals surface area (Å²) in [5, 5.41) is 19.5. The molecule has 134 valence electrons. The fourth-order valence-electron chi connectivity index (χ4n) is 3.70. The number of likely N-dealkylation sites (tertiary alicyclic amines) is 1. The van der Waals surface area contributed by atoms with Crippen LogP contribution < -0.4 is 0 Å². The van der Waals surface area contributed by atoms with Gasteiger partial charge < -0.3 is 14.7 Å². The number of nitrogens with zero attached hydrogens (tertiary/aromatic N) is 2. The van der Waals surface area contributed by atoms with E-state index in [1.807, 2.05) is 43.3 Å². The minimum Gasteiger partial charge on any atom is -0.394 e. The van der Waals surface area contributed by atoms with Crippen LogP contribution in [0.5, 0.6) is 0 Å². The van der Waals surface area contributed by atoms with Crippen molar-refractivity contribution in [3.63, 3.8) is 0 Å². The van der Waals surface area contributed by atoms with Crippen molar-refractivity contribution in [2.45, 2.75) is 24.9 Å². The van der Waals surface area contributed by atoms with Crippen molar-refractivity contribution in [1.82, 2.24) is 4.90 Å². The molecule has 0 spiro atoms. The van der Waals surface area contributed by atoms with Gasteiger partial charge in [0.05, 0.1) is 18.7 Å². The van der Waals surface area contributed by atoms with Gasteiger partial charge in [-0.15, -0.1) is 0 Å². The van der Waals surface area contributed by atoms with Crippen LogP contribution >= 0.6 is 0 Å². The normalized spacial score (nSPS) is 21.8. The van der Waals surface area contributed by atoms with Gasteiger partial charge in [-0.2, -0.15) is 5.26 Å². The number of methoxy groups -OCH3 is 1. The Morgan fingerprint density at radius 1 is 1.23 bits per heavy atom. The Balaban J connectivity index is 2.00. The molecule has 1 amide bonds. The lowest BCUT2D eigenvalue weighted by Gasteiger charge is -2.52. The van der Waals surface area contributed by atoms with E-state index in [4.69, 9.17) is 4.74 Å². The number of nitriles is 1. The van der Waals surface area contributed by atoms with Crippen LogP contribution in [0.25, 0.3) is 11.1 Å². The van der Waals surface area contributed by atoms with E-state index in [0.29, 0.717) is 0 Å². The molecular formula is C21H22N2O3. The molecule has 5 heteroatoms. The average Bonchev–Trinajstić information content (AvgIpc) is 2.63. The number of hydrogen-bond donors (Lipinski definition) is 1. The Morgan fingerprint density at radius 3 is 2.54 bits per heavy atom. The van der Waals surface area contributed by atoms with Crippen molar-refractivity contribution in [3.8, 4) is 17.2 Å². The van der Waals surface area contributed by atoms with Crippen LogP contribution in [0.4, 0.5) is 0 Å². The number of carbonyl (C=O) groups is 1. The largest absolute Gasteiger partial charge is 0.394 e. The summed E-state index contributed by atoms with van der Waals surface area (Å²) in [4.78, 5) is 13.7. The van der Waals surface area contributed by atoms with Gasteiger partial charge in [-0.05, 0) is 23.6 Å². The summed E-state index contributed by atoms with van der Waals surface area (Å²) in [5.74, 6) is -0.509. The molecule has 0 aromatic heterocycles. The predicted octanol–water partition coefficient (Wildman–Crippen LogP) is 2.49. The van der Waals surface area contributed by atoms with Gasteiger partial charge in [0.1, 0.15) is 12.6 Å². The van der Waals surface area contributed by atoms with Crippen LogP contribution in [-0.4, -0.2) is 48.3 Å². The summed E-state index contributed by atoms with van der Waals surface area (Å²) in [6.45, 7) is 1.75. The van der Waals surface area contributed by atoms with Gasteiger partial charge in [-0.1, -0.05) is 54.1 Å². The summed E-state index contributed by atoms with van der Waals surface area (Å²) < 4.78 is 4.91. The second kappa shape index (κ2) is 7.69. The molecule has 3 rings (SSSR count). The molecule has 0 unspecified atom stereocenters. The predicted molar refractivity (Wildman–Crippen MR) is 98.4 cm³/mol. The average molecular weight is 350 g/mol. The zero-order valence-corrected chi connectivity index (χ0v) is 14.9. The number of carbonyl (C=O) groups excluding carboxylic acids is 1. The highest BCUT2D eigenvalue weighted by Gasteiger charge is 2.52. The molecule has 2 aromatic carbocycles. The lowest BCUT2D eigenvalue weighted by Crippen LogP contribution is -2.66. The zero-order chi connectivity index (χ0) is 18.7. The Morgan fingerprint density at radius 2 is 1.92 bits per heavy atom. The van der Waals surface area contributed by atoms with Gasteiger partial charge in [0.2, 0.25) is 5.91 Å². The van der Waals surface area contributed by atoms with Gasteiger partial charge >= 0.3 is 0 Å². The fraction of sp³-hybridized carbons (Fsp3) is 0.333. The van der Waals surface area contributed by atoms with Gasteiger partial charge in [0.15, 0.2) is 0 Å². The highest BCUT2D eigenvalue weighted by molar-refractivity contribution is 5.81. The number of aliphatic hydroxyl groups excluding tert-OH is 1. The molecule has 1 N–H and O–H groups in total. The lowest BCUT2D eigenvalue weighted by atomic mass is 9.73. The van der Waals surface area contributed by atoms with E-state index in [9.17, 15) is 15.2 Å². The monoisotopic (exact) mass is 350 g/mol. The van der Waals surface area contributed by atoms with Crippen LogP contribution in [0.15, 0.2) is 48.5 Å². The number of benzene rings is 2. The highest BCUT2D eigenvalue weighted by Crippen LogP contribution is 2.44. The Kier molecular flexibility index (Phi) is 5.36. The van der Waals surface area contributed by atoms with Gasteiger partial charge in [0, 0.05) is 13.0 Å². The number of rotatable bonds is 5. The third-order valence-electron chi connectivity index (χ3n) is 4.97. The van der Waals surface area contributed by atoms with E-state index in [1.165, 1.54) is 17.6 Å². The number of ether oxygens (including phenoxy) is 1. The van der Waals surface area contributed by atoms with Crippen molar-refractivity contribution < 1.29 is 14.6 Å². The molecule has 26 heavy (non-hydrogen) atoms. The van der Waals surface area contributed by atoms with E-state index >= 15 is 0 Å². The summed E-state index contributed by atoms with van der Waals surface area (Å²) in [6.07, 6.45) is 0. The topological polar surface area (TPSA) is 73.6 Å². The first-order chi connectivity index (χ1) is 12.6. The summed E-state index contributed by atoms with van der Waals surface area (Å²) in [7, 11) is 1.44. The molecule has 0 saturated carbocycles. The molecule has 1 saturated heterocycles. The third-order valence-corrected chi connectivity index (χ3v) is 4.97. The van der Waals surface area contributed by atoms with Gasteiger partial charge in [-0.3, -0.25) is 4.79 Å². The first kappa shape index (κ1) is 18.1. The second-order valence-corrected chi connectivity index (χ2v) is 6.54. The maximum atomic E-state index is 12.3. The fourth-order valence-corrected chi connectivity index (χ4v) is 3.70. The van der Waals surface area contributed by atoms with Crippen molar-refractivity contribution in [3.05, 3.63) is 59.7 Å². The molecule has 0 bridgehead atoms. The Hall–Kier alpha value is -2.68. The third kappa shape index (κ3) is 3.10. The molecule has 0 radical (unpaired) electrons. The smallest absolute Gasteiger partial charge is 0.249 e. The first-order valence-corrected chi connectivity index (χ1v) is 8.59. The molecular weight excluding hydrogens is 328 g/mol. The quantitative estimate of drug-likeness (QED) is 0.899. The maximum absolute atomic E-state index is 12.3. The minimum atomic E-state index is -0.610. The van der Waals surface area contributed by atoms with Crippen LogP contribution in [0.2, 0.25) is 0 Å². The second-order valence-electron chi connectivity index (χ2n) is 6.54. The van der Waals surface area contributed by atoms with E-state index in [2.05, 4.69) is 18.2 Å². The van der Waals surface area contributed by atoms with Crippen LogP contribution in [0.3, 0.4) is 0 Å². The number of amides is 1. The molecule has 5 nitrogen and oxygen atoms in total. The van der Waals surface area contributed by atoms with Crippen molar-refractivity contribution >= 4 is 5.91 Å². The Bertz CT molecular complexity index is 826. The van der Waals surface area contributed by atoms with Gasteiger partial charge in [0.25, 0.3) is 0 Å². The maximum Gasteiger partial charge on any atom is 0.249 e. The standard InChI is InChI=1S/C21H22N2O3/c1-14-7-9-15(10-8-14)16-5-3-4-6-17(16)21-18(11-22)23(19(21)12-24)20(25)13-26-2/h3-10,18-19,21,24H,12-13H2,1-2H3/t18-,19+,21-/m1/s1. The molecule has 2 aromatic rings. The van der Waals surface area contributed by atoms with Crippen molar-refractivity contribution in [1.29, 1.82) is 5.26 Å². The minimum absolute atomic E-state index is 0.0962. The summed E-state index contributed by atoms with van der Waals surface area (Å²) >= 11 is 0. The van der Waals surface area contributed by atoms with Crippen LogP contribution in [-0.2, 0) is 9.53 Å². The molecule has 3 atom stereocenters. The number of hydrogen-bond acceptors (Lipinski definition) is 4. The molecule has 1 aliphatic rings. The SMILES string of the molecule is COCC(=O)N1[C@H](C#N)[C@@H](c2ccccc2-c2ccc(C)cc2)[C@@H]1CO. The van der Waals surface area contributed by atoms with Crippen molar-refractivity contribution in [2.75, 3.05) is 20.3 Å². The first-order valence-electron chi connectivity index (χ1n) is 8.59. The van der Waals surface area contributed by atoms with E-state index in [-0.39, 0.29) is 25.0 Å². The van der Waals surface area contributed by atoms with E-state index < -0.39 is 12.1 Å². The Labute approximate surface area is 153 Å². The van der Waals surface area contributed by atoms with Crippen molar-refractivity contribution in [2.24, 2.45) is 0 Å². The zero-order valence-electron chi connectivity index (χ0n) is 14.9. The number of aryl methyl sites for hydroxylation is 1. The molecule has 1 fully saturated rings. The summed E-state index contributed by atoms with van der Waals surface area (Å²) in [6, 6.07) is 17.3. The summed E-state index contributed by atoms with van der Waals surface area (Å²) in [5.41, 5.74) is 4.23. The van der Waals surface area contributed by atoms with E-state index in [1.54, 1.807) is 0 Å². The molecule has 1 heterocycles.